The lowest BCUT2D eigenvalue weighted by Crippen LogP contribution is -2.26. The molecule has 0 saturated carbocycles. The van der Waals surface area contributed by atoms with Crippen LogP contribution < -0.4 is 4.74 Å². The van der Waals surface area contributed by atoms with Gasteiger partial charge in [0.1, 0.15) is 5.75 Å². The molecule has 0 heterocycles. The Kier molecular flexibility index (Phi) is 5.91. The van der Waals surface area contributed by atoms with Crippen molar-refractivity contribution in [2.24, 2.45) is 0 Å². The van der Waals surface area contributed by atoms with Gasteiger partial charge in [0.2, 0.25) is 0 Å². The van der Waals surface area contributed by atoms with Gasteiger partial charge in [-0.1, -0.05) is 23.7 Å². The number of ether oxygens (including phenoxy) is 2. The van der Waals surface area contributed by atoms with E-state index in [1.54, 1.807) is 38.1 Å². The fraction of sp³-hybridized carbons (Fsp3) is 0.286. The largest absolute Gasteiger partial charge is 0.477 e. The first-order chi connectivity index (χ1) is 9.10. The summed E-state index contributed by atoms with van der Waals surface area (Å²) >= 11 is 6.04. The van der Waals surface area contributed by atoms with Crippen molar-refractivity contribution in [1.29, 1.82) is 5.26 Å². The van der Waals surface area contributed by atoms with E-state index in [2.05, 4.69) is 0 Å². The summed E-state index contributed by atoms with van der Waals surface area (Å²) in [4.78, 5) is 11.5. The summed E-state index contributed by atoms with van der Waals surface area (Å²) in [6, 6.07) is 7.02. The summed E-state index contributed by atoms with van der Waals surface area (Å²) in [7, 11) is 0. The van der Waals surface area contributed by atoms with Crippen molar-refractivity contribution in [2.75, 3.05) is 6.61 Å². The number of nitrogens with zero attached hydrogens (tertiary/aromatic N) is 1. The SMILES string of the molecule is CCOC(=O)[C@@H](C)Oc1c(Cl)cccc1C=CC#N. The van der Waals surface area contributed by atoms with Crippen molar-refractivity contribution in [2.45, 2.75) is 20.0 Å². The van der Waals surface area contributed by atoms with E-state index in [9.17, 15) is 4.79 Å². The van der Waals surface area contributed by atoms with Crippen LogP contribution in [0.5, 0.6) is 5.75 Å². The summed E-state index contributed by atoms with van der Waals surface area (Å²) in [6.07, 6.45) is 2.11. The molecule has 0 saturated heterocycles. The molecule has 0 aliphatic heterocycles. The molecule has 0 N–H and O–H groups in total. The van der Waals surface area contributed by atoms with Gasteiger partial charge in [0.05, 0.1) is 17.7 Å². The Labute approximate surface area is 117 Å². The molecule has 100 valence electrons. The van der Waals surface area contributed by atoms with E-state index < -0.39 is 12.1 Å². The van der Waals surface area contributed by atoms with Crippen molar-refractivity contribution >= 4 is 23.6 Å². The van der Waals surface area contributed by atoms with Gasteiger partial charge in [0.25, 0.3) is 0 Å². The molecule has 0 aromatic heterocycles. The van der Waals surface area contributed by atoms with Crippen LogP contribution in [0.3, 0.4) is 0 Å². The smallest absolute Gasteiger partial charge is 0.347 e. The van der Waals surface area contributed by atoms with E-state index in [0.29, 0.717) is 16.3 Å². The summed E-state index contributed by atoms with van der Waals surface area (Å²) in [5, 5.41) is 8.91. The first-order valence-corrected chi connectivity index (χ1v) is 6.16. The van der Waals surface area contributed by atoms with Gasteiger partial charge in [0.15, 0.2) is 6.10 Å². The lowest BCUT2D eigenvalue weighted by Gasteiger charge is -2.16. The molecule has 0 aliphatic rings. The molecular weight excluding hydrogens is 266 g/mol. The molecule has 0 bridgehead atoms. The maximum absolute atomic E-state index is 11.5. The molecule has 0 spiro atoms. The van der Waals surface area contributed by atoms with Gasteiger partial charge < -0.3 is 9.47 Å². The molecule has 0 fully saturated rings. The highest BCUT2D eigenvalue weighted by atomic mass is 35.5. The Hall–Kier alpha value is -1.99. The summed E-state index contributed by atoms with van der Waals surface area (Å²) < 4.78 is 10.4. The second-order valence-electron chi connectivity index (χ2n) is 3.63. The average Bonchev–Trinajstić information content (AvgIpc) is 2.39. The lowest BCUT2D eigenvalue weighted by atomic mass is 10.2. The Bertz CT molecular complexity index is 520. The van der Waals surface area contributed by atoms with Gasteiger partial charge in [-0.25, -0.2) is 4.79 Å². The van der Waals surface area contributed by atoms with Crippen molar-refractivity contribution in [3.63, 3.8) is 0 Å². The van der Waals surface area contributed by atoms with Crippen LogP contribution >= 0.6 is 11.6 Å². The van der Waals surface area contributed by atoms with Crippen LogP contribution in [0.25, 0.3) is 6.08 Å². The number of halogens is 1. The number of carbonyl (C=O) groups excluding carboxylic acids is 1. The Morgan fingerprint density at radius 2 is 2.32 bits per heavy atom. The summed E-state index contributed by atoms with van der Waals surface area (Å²) in [5.74, 6) is -0.103. The van der Waals surface area contributed by atoms with Gasteiger partial charge >= 0.3 is 5.97 Å². The van der Waals surface area contributed by atoms with E-state index in [1.165, 1.54) is 6.08 Å². The number of allylic oxidation sites excluding steroid dienone is 1. The van der Waals surface area contributed by atoms with Gasteiger partial charge in [-0.3, -0.25) is 0 Å². The van der Waals surface area contributed by atoms with E-state index in [-0.39, 0.29) is 6.61 Å². The van der Waals surface area contributed by atoms with Crippen molar-refractivity contribution in [3.05, 3.63) is 34.9 Å². The highest BCUT2D eigenvalue weighted by molar-refractivity contribution is 6.32. The van der Waals surface area contributed by atoms with E-state index in [4.69, 9.17) is 26.3 Å². The van der Waals surface area contributed by atoms with Crippen LogP contribution in [0.1, 0.15) is 19.4 Å². The maximum atomic E-state index is 11.5. The first kappa shape index (κ1) is 15.1. The standard InChI is InChI=1S/C14H14ClNO3/c1-3-18-14(17)10(2)19-13-11(7-5-9-16)6-4-8-12(13)15/h4-8,10H,3H2,1-2H3/t10-/m1/s1. The summed E-state index contributed by atoms with van der Waals surface area (Å²) in [5.41, 5.74) is 0.630. The Balaban J connectivity index is 2.96. The monoisotopic (exact) mass is 279 g/mol. The predicted octanol–water partition coefficient (Wildman–Crippen LogP) is 3.21. The summed E-state index contributed by atoms with van der Waals surface area (Å²) in [6.45, 7) is 3.59. The molecule has 0 aliphatic carbocycles. The van der Waals surface area contributed by atoms with Gasteiger partial charge in [-0.05, 0) is 26.0 Å². The highest BCUT2D eigenvalue weighted by Gasteiger charge is 2.18. The number of hydrogen-bond donors (Lipinski definition) is 0. The van der Waals surface area contributed by atoms with Gasteiger partial charge in [-0.15, -0.1) is 0 Å². The third-order valence-electron chi connectivity index (χ3n) is 2.25. The van der Waals surface area contributed by atoms with Crippen LogP contribution in [0, 0.1) is 11.3 Å². The molecule has 1 rings (SSSR count). The van der Waals surface area contributed by atoms with Gasteiger partial charge in [0, 0.05) is 11.6 Å². The molecule has 1 aromatic carbocycles. The second-order valence-corrected chi connectivity index (χ2v) is 4.04. The average molecular weight is 280 g/mol. The van der Waals surface area contributed by atoms with Crippen LogP contribution in [0.15, 0.2) is 24.3 Å². The highest BCUT2D eigenvalue weighted by Crippen LogP contribution is 2.30. The van der Waals surface area contributed by atoms with E-state index in [0.717, 1.165) is 0 Å². The maximum Gasteiger partial charge on any atom is 0.347 e. The van der Waals surface area contributed by atoms with Gasteiger partial charge in [-0.2, -0.15) is 5.26 Å². The third-order valence-corrected chi connectivity index (χ3v) is 2.55. The van der Waals surface area contributed by atoms with E-state index in [1.807, 2.05) is 6.07 Å². The normalized spacial score (nSPS) is 11.9. The number of rotatable bonds is 5. The molecular formula is C14H14ClNO3. The van der Waals surface area contributed by atoms with Crippen molar-refractivity contribution in [1.82, 2.24) is 0 Å². The lowest BCUT2D eigenvalue weighted by molar-refractivity contribution is -0.150. The van der Waals surface area contributed by atoms with E-state index >= 15 is 0 Å². The zero-order chi connectivity index (χ0) is 14.3. The van der Waals surface area contributed by atoms with Crippen molar-refractivity contribution in [3.8, 4) is 11.8 Å². The molecule has 19 heavy (non-hydrogen) atoms. The Morgan fingerprint density at radius 1 is 1.58 bits per heavy atom. The topological polar surface area (TPSA) is 59.3 Å². The molecule has 4 nitrogen and oxygen atoms in total. The zero-order valence-electron chi connectivity index (χ0n) is 10.7. The zero-order valence-corrected chi connectivity index (χ0v) is 11.5. The molecule has 1 atom stereocenters. The quantitative estimate of drug-likeness (QED) is 0.613. The fourth-order valence-corrected chi connectivity index (χ4v) is 1.62. The van der Waals surface area contributed by atoms with Crippen LogP contribution in [0.4, 0.5) is 0 Å². The number of esters is 1. The number of benzene rings is 1. The third kappa shape index (κ3) is 4.31. The first-order valence-electron chi connectivity index (χ1n) is 5.78. The number of carbonyl (C=O) groups is 1. The van der Waals surface area contributed by atoms with Crippen molar-refractivity contribution < 1.29 is 14.3 Å². The molecule has 0 unspecified atom stereocenters. The second kappa shape index (κ2) is 7.45. The number of hydrogen-bond acceptors (Lipinski definition) is 4. The van der Waals surface area contributed by atoms with Crippen LogP contribution in [0.2, 0.25) is 5.02 Å². The minimum absolute atomic E-state index is 0.288. The molecule has 0 amide bonds. The minimum Gasteiger partial charge on any atom is -0.477 e. The fourth-order valence-electron chi connectivity index (χ4n) is 1.39. The Morgan fingerprint density at radius 3 is 2.95 bits per heavy atom. The molecule has 0 radical (unpaired) electrons. The molecule has 1 aromatic rings. The number of para-hydroxylation sites is 1. The number of nitriles is 1. The minimum atomic E-state index is -0.769. The predicted molar refractivity (Wildman–Crippen MR) is 72.8 cm³/mol. The van der Waals surface area contributed by atoms with Crippen LogP contribution in [-0.2, 0) is 9.53 Å². The molecule has 5 heteroatoms. The van der Waals surface area contributed by atoms with Crippen LogP contribution in [-0.4, -0.2) is 18.7 Å².